The number of aliphatic hydroxyl groups is 4. The van der Waals surface area contributed by atoms with E-state index in [1.807, 2.05) is 0 Å². The molecule has 4 N–H and O–H groups in total. The molecule has 6 nitrogen and oxygen atoms in total. The van der Waals surface area contributed by atoms with E-state index in [1.165, 1.54) is 18.2 Å². The number of allylic oxidation sites excluding steroid dienone is 3. The summed E-state index contributed by atoms with van der Waals surface area (Å²) in [6.45, 7) is 2.43. The predicted molar refractivity (Wildman–Crippen MR) is 96.8 cm³/mol. The quantitative estimate of drug-likeness (QED) is 0.546. The Bertz CT molecular complexity index is 807. The van der Waals surface area contributed by atoms with E-state index in [-0.39, 0.29) is 30.6 Å². The van der Waals surface area contributed by atoms with Crippen LogP contribution in [-0.2, 0) is 9.59 Å². The number of alkyl halides is 1. The highest BCUT2D eigenvalue weighted by Crippen LogP contribution is 2.69. The minimum Gasteiger partial charge on any atom is -0.390 e. The topological polar surface area (TPSA) is 115 Å². The van der Waals surface area contributed by atoms with Crippen molar-refractivity contribution in [1.29, 1.82) is 0 Å². The van der Waals surface area contributed by atoms with Crippen LogP contribution in [0.2, 0.25) is 0 Å². The number of carbonyl (C=O) groups is 2. The normalized spacial score (nSPS) is 52.5. The Kier molecular flexibility index (Phi) is 4.13. The molecule has 0 bridgehead atoms. The van der Waals surface area contributed by atoms with Crippen LogP contribution in [0, 0.1) is 22.7 Å². The number of aliphatic hydroxyl groups excluding tert-OH is 3. The summed E-state index contributed by atoms with van der Waals surface area (Å²) in [6, 6.07) is 0. The van der Waals surface area contributed by atoms with Gasteiger partial charge in [-0.2, -0.15) is 0 Å². The molecule has 0 saturated heterocycles. The molecule has 0 radical (unpaired) electrons. The van der Waals surface area contributed by atoms with Gasteiger partial charge in [-0.15, -0.1) is 0 Å². The van der Waals surface area contributed by atoms with Crippen molar-refractivity contribution in [3.8, 4) is 0 Å². The lowest BCUT2D eigenvalue weighted by Gasteiger charge is -2.63. The second kappa shape index (κ2) is 5.81. The van der Waals surface area contributed by atoms with Gasteiger partial charge in [-0.1, -0.05) is 13.0 Å². The highest BCUT2D eigenvalue weighted by Gasteiger charge is 2.74. The largest absolute Gasteiger partial charge is 0.390 e. The molecule has 0 heterocycles. The van der Waals surface area contributed by atoms with Gasteiger partial charge in [0.05, 0.1) is 12.2 Å². The Morgan fingerprint density at radius 1 is 1.29 bits per heavy atom. The molecular weight excluding hydrogens is 367 g/mol. The highest BCUT2D eigenvalue weighted by molar-refractivity contribution is 6.01. The van der Waals surface area contributed by atoms with Gasteiger partial charge in [0.25, 0.3) is 0 Å². The molecule has 0 amide bonds. The molecule has 4 aliphatic rings. The second-order valence-corrected chi connectivity index (χ2v) is 9.39. The van der Waals surface area contributed by atoms with Crippen molar-refractivity contribution >= 4 is 11.6 Å². The molecule has 0 spiro atoms. The van der Waals surface area contributed by atoms with E-state index in [9.17, 15) is 30.0 Å². The minimum atomic E-state index is -2.15. The Morgan fingerprint density at radius 2 is 1.96 bits per heavy atom. The highest BCUT2D eigenvalue weighted by atomic mass is 19.1. The van der Waals surface area contributed by atoms with E-state index in [1.54, 1.807) is 13.8 Å². The number of fused-ring (bicyclic) bond motifs is 5. The monoisotopic (exact) mass is 394 g/mol. The molecule has 0 aromatic carbocycles. The van der Waals surface area contributed by atoms with Gasteiger partial charge < -0.3 is 20.4 Å². The molecule has 0 aromatic rings. The second-order valence-electron chi connectivity index (χ2n) is 9.39. The van der Waals surface area contributed by atoms with Gasteiger partial charge in [0.2, 0.25) is 0 Å². The first-order valence-corrected chi connectivity index (χ1v) is 9.82. The van der Waals surface area contributed by atoms with Crippen LogP contribution >= 0.6 is 0 Å². The predicted octanol–water partition coefficient (Wildman–Crippen LogP) is 0.621. The van der Waals surface area contributed by atoms with Crippen molar-refractivity contribution in [2.75, 3.05) is 6.61 Å². The van der Waals surface area contributed by atoms with Crippen LogP contribution in [0.5, 0.6) is 0 Å². The SMILES string of the molecule is C[C@]12C=CC(=O)C=C1[C@H](O)C[C@H]1[C@@H]3CC[C@](O)(C(=O)CO)[C@@]3(C)C[C@H](O)[C@@]12F. The molecule has 3 saturated carbocycles. The number of rotatable bonds is 2. The van der Waals surface area contributed by atoms with Gasteiger partial charge >= 0.3 is 0 Å². The number of ketones is 2. The first-order chi connectivity index (χ1) is 13.0. The Morgan fingerprint density at radius 3 is 2.61 bits per heavy atom. The van der Waals surface area contributed by atoms with Gasteiger partial charge in [0.15, 0.2) is 17.2 Å². The molecule has 8 atom stereocenters. The van der Waals surface area contributed by atoms with Crippen LogP contribution in [0.3, 0.4) is 0 Å². The number of halogens is 1. The summed E-state index contributed by atoms with van der Waals surface area (Å²) < 4.78 is 16.8. The minimum absolute atomic E-state index is 0.000243. The van der Waals surface area contributed by atoms with Crippen molar-refractivity contribution in [2.24, 2.45) is 22.7 Å². The average Bonchev–Trinajstić information content (AvgIpc) is 2.91. The van der Waals surface area contributed by atoms with E-state index in [0.717, 1.165) is 0 Å². The van der Waals surface area contributed by atoms with E-state index >= 15 is 4.39 Å². The van der Waals surface area contributed by atoms with E-state index < -0.39 is 58.5 Å². The van der Waals surface area contributed by atoms with Gasteiger partial charge in [0, 0.05) is 16.7 Å². The molecule has 4 rings (SSSR count). The molecular formula is C21H27FO6. The van der Waals surface area contributed by atoms with E-state index in [4.69, 9.17) is 0 Å². The summed E-state index contributed by atoms with van der Waals surface area (Å²) in [5.74, 6) is -2.31. The maximum atomic E-state index is 16.8. The van der Waals surface area contributed by atoms with Gasteiger partial charge in [-0.25, -0.2) is 4.39 Å². The fourth-order valence-corrected chi connectivity index (χ4v) is 6.84. The van der Waals surface area contributed by atoms with Crippen LogP contribution in [0.15, 0.2) is 23.8 Å². The summed E-state index contributed by atoms with van der Waals surface area (Å²) in [6.07, 6.45) is 1.68. The first-order valence-electron chi connectivity index (χ1n) is 9.82. The lowest BCUT2D eigenvalue weighted by atomic mass is 9.44. The number of hydrogen-bond acceptors (Lipinski definition) is 6. The van der Waals surface area contributed by atoms with Crippen LogP contribution in [0.4, 0.5) is 4.39 Å². The third-order valence-electron chi connectivity index (χ3n) is 8.42. The van der Waals surface area contributed by atoms with Crippen LogP contribution < -0.4 is 0 Å². The third-order valence-corrected chi connectivity index (χ3v) is 8.42. The molecule has 28 heavy (non-hydrogen) atoms. The molecule has 0 aromatic heterocycles. The molecule has 7 heteroatoms. The zero-order chi connectivity index (χ0) is 20.7. The van der Waals surface area contributed by atoms with E-state index in [2.05, 4.69) is 0 Å². The smallest absolute Gasteiger partial charge is 0.190 e. The molecule has 154 valence electrons. The number of hydrogen-bond donors (Lipinski definition) is 4. The molecule has 4 aliphatic carbocycles. The van der Waals surface area contributed by atoms with Crippen molar-refractivity contribution < 1.29 is 34.4 Å². The van der Waals surface area contributed by atoms with Gasteiger partial charge in [-0.05, 0) is 56.3 Å². The lowest BCUT2D eigenvalue weighted by molar-refractivity contribution is -0.224. The third kappa shape index (κ3) is 2.06. The summed E-state index contributed by atoms with van der Waals surface area (Å²) >= 11 is 0. The summed E-state index contributed by atoms with van der Waals surface area (Å²) in [5, 5.41) is 42.2. The van der Waals surface area contributed by atoms with Crippen LogP contribution in [0.25, 0.3) is 0 Å². The van der Waals surface area contributed by atoms with Crippen molar-refractivity contribution in [1.82, 2.24) is 0 Å². The Labute approximate surface area is 162 Å². The molecule has 0 aliphatic heterocycles. The maximum absolute atomic E-state index is 16.8. The van der Waals surface area contributed by atoms with Crippen LogP contribution in [-0.4, -0.2) is 62.1 Å². The summed E-state index contributed by atoms with van der Waals surface area (Å²) in [7, 11) is 0. The fraction of sp³-hybridized carbons (Fsp3) is 0.714. The summed E-state index contributed by atoms with van der Waals surface area (Å²) in [5.41, 5.74) is -6.19. The number of Topliss-reactive ketones (excluding diaryl/α,β-unsaturated/α-hetero) is 1. The molecule has 3 fully saturated rings. The maximum Gasteiger partial charge on any atom is 0.190 e. The zero-order valence-electron chi connectivity index (χ0n) is 16.1. The summed E-state index contributed by atoms with van der Waals surface area (Å²) in [4.78, 5) is 24.2. The Balaban J connectivity index is 1.84. The van der Waals surface area contributed by atoms with Crippen molar-refractivity contribution in [3.05, 3.63) is 23.8 Å². The zero-order valence-corrected chi connectivity index (χ0v) is 16.1. The van der Waals surface area contributed by atoms with Crippen molar-refractivity contribution in [3.63, 3.8) is 0 Å². The first kappa shape index (κ1) is 19.9. The standard InChI is InChI=1S/C21H27FO6/c1-18-5-3-11(24)7-14(18)15(25)8-13-12-4-6-20(28,17(27)10-23)19(12,2)9-16(26)21(13,18)22/h3,5,7,12-13,15-16,23,25-26,28H,4,6,8-10H2,1-2H3/t12-,13-,15+,16-,18-,19-,20-,21-/m0/s1. The average molecular weight is 394 g/mol. The van der Waals surface area contributed by atoms with Gasteiger partial charge in [0.1, 0.15) is 12.2 Å². The van der Waals surface area contributed by atoms with Crippen molar-refractivity contribution in [2.45, 2.75) is 63.0 Å². The fourth-order valence-electron chi connectivity index (χ4n) is 6.84. The molecule has 0 unspecified atom stereocenters. The van der Waals surface area contributed by atoms with E-state index in [0.29, 0.717) is 6.42 Å². The number of carbonyl (C=O) groups excluding carboxylic acids is 2. The lowest BCUT2D eigenvalue weighted by Crippen LogP contribution is -2.70. The van der Waals surface area contributed by atoms with Gasteiger partial charge in [-0.3, -0.25) is 9.59 Å². The van der Waals surface area contributed by atoms with Crippen LogP contribution in [0.1, 0.15) is 39.5 Å². The Hall–Kier alpha value is -1.41.